The Morgan fingerprint density at radius 1 is 1.15 bits per heavy atom. The van der Waals surface area contributed by atoms with Crippen LogP contribution in [0.3, 0.4) is 0 Å². The summed E-state index contributed by atoms with van der Waals surface area (Å²) in [5.41, 5.74) is 7.39. The van der Waals surface area contributed by atoms with Gasteiger partial charge in [-0.1, -0.05) is 24.3 Å². The number of rotatable bonds is 10. The lowest BCUT2D eigenvalue weighted by molar-refractivity contribution is -0.118. The summed E-state index contributed by atoms with van der Waals surface area (Å²) >= 11 is 1.57. The monoisotopic (exact) mass is 464 g/mol. The van der Waals surface area contributed by atoms with Gasteiger partial charge in [-0.15, -0.1) is 11.3 Å². The van der Waals surface area contributed by atoms with E-state index >= 15 is 0 Å². The first kappa shape index (κ1) is 23.7. The van der Waals surface area contributed by atoms with Gasteiger partial charge in [0.1, 0.15) is 12.4 Å². The van der Waals surface area contributed by atoms with Crippen LogP contribution in [0.4, 0.5) is 5.69 Å². The van der Waals surface area contributed by atoms with Gasteiger partial charge in [-0.2, -0.15) is 0 Å². The third kappa shape index (κ3) is 7.58. The zero-order chi connectivity index (χ0) is 23.6. The van der Waals surface area contributed by atoms with Crippen molar-refractivity contribution < 1.29 is 19.1 Å². The molecule has 8 nitrogen and oxygen atoms in total. The van der Waals surface area contributed by atoms with Crippen LogP contribution in [0.5, 0.6) is 5.75 Å². The molecule has 0 aliphatic heterocycles. The van der Waals surface area contributed by atoms with Crippen molar-refractivity contribution in [2.24, 2.45) is 5.73 Å². The van der Waals surface area contributed by atoms with Crippen molar-refractivity contribution in [2.75, 3.05) is 11.9 Å². The van der Waals surface area contributed by atoms with Gasteiger partial charge < -0.3 is 21.1 Å². The van der Waals surface area contributed by atoms with Crippen LogP contribution in [0.2, 0.25) is 0 Å². The molecule has 0 aliphatic rings. The number of hydrogen-bond acceptors (Lipinski definition) is 6. The van der Waals surface area contributed by atoms with Crippen molar-refractivity contribution in [2.45, 2.75) is 20.0 Å². The molecule has 33 heavy (non-hydrogen) atoms. The van der Waals surface area contributed by atoms with E-state index in [2.05, 4.69) is 15.6 Å². The van der Waals surface area contributed by atoms with E-state index in [-0.39, 0.29) is 18.5 Å². The zero-order valence-electron chi connectivity index (χ0n) is 18.0. The maximum absolute atomic E-state index is 12.4. The predicted octanol–water partition coefficient (Wildman–Crippen LogP) is 3.29. The average molecular weight is 465 g/mol. The number of benzene rings is 2. The summed E-state index contributed by atoms with van der Waals surface area (Å²) in [4.78, 5) is 40.0. The second-order valence-corrected chi connectivity index (χ2v) is 8.12. The van der Waals surface area contributed by atoms with E-state index in [1.807, 2.05) is 36.6 Å². The third-order valence-corrected chi connectivity index (χ3v) is 5.25. The zero-order valence-corrected chi connectivity index (χ0v) is 18.9. The van der Waals surface area contributed by atoms with Crippen molar-refractivity contribution in [1.29, 1.82) is 0 Å². The molecule has 1 aromatic heterocycles. The van der Waals surface area contributed by atoms with Gasteiger partial charge in [0.15, 0.2) is 0 Å². The summed E-state index contributed by atoms with van der Waals surface area (Å²) in [5, 5.41) is 8.26. The van der Waals surface area contributed by atoms with Gasteiger partial charge in [0.2, 0.25) is 11.8 Å². The molecule has 0 atom stereocenters. The number of aryl methyl sites for hydroxylation is 1. The summed E-state index contributed by atoms with van der Waals surface area (Å²) in [7, 11) is 0. The van der Waals surface area contributed by atoms with Crippen molar-refractivity contribution in [3.63, 3.8) is 0 Å². The number of carbonyl (C=O) groups excluding carboxylic acids is 3. The molecule has 0 radical (unpaired) electrons. The molecule has 0 saturated carbocycles. The molecule has 3 aromatic rings. The second-order valence-electron chi connectivity index (χ2n) is 7.06. The molecule has 2 aromatic carbocycles. The standard InChI is InChI=1S/C24H24N4O4S/c1-16-27-18(15-33-16)14-32-19-6-4-5-17(13-19)9-10-23(30)28-21-8-3-2-7-20(21)24(31)26-12-11-22(25)29/h2-10,13,15H,11-12,14H2,1H3,(H2,25,29)(H,26,31)(H,28,30)/b10-9+. The van der Waals surface area contributed by atoms with E-state index in [1.54, 1.807) is 41.7 Å². The number of nitrogens with zero attached hydrogens (tertiary/aromatic N) is 1. The lowest BCUT2D eigenvalue weighted by atomic mass is 10.1. The number of ether oxygens (including phenoxy) is 1. The van der Waals surface area contributed by atoms with Crippen LogP contribution in [-0.2, 0) is 16.2 Å². The minimum atomic E-state index is -0.505. The first-order chi connectivity index (χ1) is 15.9. The molecule has 1 heterocycles. The van der Waals surface area contributed by atoms with Gasteiger partial charge in [0, 0.05) is 24.4 Å². The quantitative estimate of drug-likeness (QED) is 0.397. The predicted molar refractivity (Wildman–Crippen MR) is 128 cm³/mol. The number of para-hydroxylation sites is 1. The Labute approximate surface area is 195 Å². The molecule has 0 unspecified atom stereocenters. The number of anilines is 1. The number of amides is 3. The van der Waals surface area contributed by atoms with Crippen molar-refractivity contribution in [1.82, 2.24) is 10.3 Å². The summed E-state index contributed by atoms with van der Waals surface area (Å²) in [6.45, 7) is 2.44. The molecule has 0 bridgehead atoms. The normalized spacial score (nSPS) is 10.7. The van der Waals surface area contributed by atoms with Crippen LogP contribution in [0, 0.1) is 6.92 Å². The fraction of sp³-hybridized carbons (Fsp3) is 0.167. The Balaban J connectivity index is 1.59. The lowest BCUT2D eigenvalue weighted by Gasteiger charge is -2.10. The average Bonchev–Trinajstić information content (AvgIpc) is 3.22. The molecule has 4 N–H and O–H groups in total. The number of nitrogens with one attached hydrogen (secondary N) is 2. The van der Waals surface area contributed by atoms with Crippen LogP contribution in [0.1, 0.15) is 33.0 Å². The highest BCUT2D eigenvalue weighted by molar-refractivity contribution is 7.09. The van der Waals surface area contributed by atoms with E-state index in [0.29, 0.717) is 18.0 Å². The number of aromatic nitrogens is 1. The molecular formula is C24H24N4O4S. The van der Waals surface area contributed by atoms with Crippen molar-refractivity contribution in [3.05, 3.63) is 81.8 Å². The summed E-state index contributed by atoms with van der Waals surface area (Å²) in [5.74, 6) is -0.635. The Kier molecular flexibility index (Phi) is 8.31. The summed E-state index contributed by atoms with van der Waals surface area (Å²) < 4.78 is 5.77. The molecule has 0 aliphatic carbocycles. The lowest BCUT2D eigenvalue weighted by Crippen LogP contribution is -2.28. The molecule has 3 rings (SSSR count). The first-order valence-corrected chi connectivity index (χ1v) is 11.1. The number of thiazole rings is 1. The molecule has 170 valence electrons. The van der Waals surface area contributed by atoms with Crippen LogP contribution in [0.25, 0.3) is 6.08 Å². The summed E-state index contributed by atoms with van der Waals surface area (Å²) in [6.07, 6.45) is 3.07. The molecule has 0 saturated heterocycles. The van der Waals surface area contributed by atoms with Gasteiger partial charge in [-0.05, 0) is 42.8 Å². The highest BCUT2D eigenvalue weighted by atomic mass is 32.1. The fourth-order valence-corrected chi connectivity index (χ4v) is 3.47. The largest absolute Gasteiger partial charge is 0.487 e. The number of nitrogens with two attached hydrogens (primary N) is 1. The van der Waals surface area contributed by atoms with E-state index in [0.717, 1.165) is 16.3 Å². The topological polar surface area (TPSA) is 123 Å². The smallest absolute Gasteiger partial charge is 0.253 e. The number of carbonyl (C=O) groups is 3. The van der Waals surface area contributed by atoms with Crippen LogP contribution < -0.4 is 21.1 Å². The van der Waals surface area contributed by atoms with Crippen molar-refractivity contribution in [3.8, 4) is 5.75 Å². The Bertz CT molecular complexity index is 1170. The van der Waals surface area contributed by atoms with Crippen molar-refractivity contribution >= 4 is 40.8 Å². The van der Waals surface area contributed by atoms with Crippen LogP contribution in [0.15, 0.2) is 60.0 Å². The molecule has 0 fully saturated rings. The summed E-state index contributed by atoms with van der Waals surface area (Å²) in [6, 6.07) is 14.0. The maximum atomic E-state index is 12.4. The molecule has 3 amide bonds. The van der Waals surface area contributed by atoms with Gasteiger partial charge in [-0.25, -0.2) is 4.98 Å². The van der Waals surface area contributed by atoms with Gasteiger partial charge in [0.05, 0.1) is 22.0 Å². The Morgan fingerprint density at radius 2 is 1.97 bits per heavy atom. The minimum Gasteiger partial charge on any atom is -0.487 e. The van der Waals surface area contributed by atoms with E-state index in [4.69, 9.17) is 10.5 Å². The van der Waals surface area contributed by atoms with Gasteiger partial charge in [0.25, 0.3) is 5.91 Å². The molecular weight excluding hydrogens is 440 g/mol. The minimum absolute atomic E-state index is 0.0369. The van der Waals surface area contributed by atoms with Crippen LogP contribution in [-0.4, -0.2) is 29.3 Å². The highest BCUT2D eigenvalue weighted by Crippen LogP contribution is 2.18. The Hall–Kier alpha value is -3.98. The van der Waals surface area contributed by atoms with E-state index in [1.165, 1.54) is 6.08 Å². The second kappa shape index (κ2) is 11.6. The number of primary amides is 1. The van der Waals surface area contributed by atoms with E-state index < -0.39 is 17.7 Å². The fourth-order valence-electron chi connectivity index (χ4n) is 2.87. The highest BCUT2D eigenvalue weighted by Gasteiger charge is 2.12. The maximum Gasteiger partial charge on any atom is 0.253 e. The SMILES string of the molecule is Cc1nc(COc2cccc(/C=C/C(=O)Nc3ccccc3C(=O)NCCC(N)=O)c2)cs1. The molecule has 0 spiro atoms. The van der Waals surface area contributed by atoms with Crippen LogP contribution >= 0.6 is 11.3 Å². The number of hydrogen-bond donors (Lipinski definition) is 3. The first-order valence-electron chi connectivity index (χ1n) is 10.2. The molecule has 9 heteroatoms. The van der Waals surface area contributed by atoms with Gasteiger partial charge in [-0.3, -0.25) is 14.4 Å². The third-order valence-electron chi connectivity index (χ3n) is 4.43. The van der Waals surface area contributed by atoms with Gasteiger partial charge >= 0.3 is 0 Å². The van der Waals surface area contributed by atoms with E-state index in [9.17, 15) is 14.4 Å². The Morgan fingerprint density at radius 3 is 2.73 bits per heavy atom.